The van der Waals surface area contributed by atoms with Crippen LogP contribution < -0.4 is 0 Å². The number of benzene rings is 3. The monoisotopic (exact) mass is 470 g/mol. The molecule has 4 rings (SSSR count). The summed E-state index contributed by atoms with van der Waals surface area (Å²) in [5.74, 6) is 0.390. The van der Waals surface area contributed by atoms with Gasteiger partial charge >= 0.3 is 6.18 Å². The van der Waals surface area contributed by atoms with E-state index in [4.69, 9.17) is 0 Å². The number of alkyl halides is 3. The molecule has 0 aliphatic heterocycles. The fraction of sp³-hybridized carbons (Fsp3) is 0.333. The lowest BCUT2D eigenvalue weighted by Crippen LogP contribution is -2.13. The summed E-state index contributed by atoms with van der Waals surface area (Å²) in [5, 5.41) is 2.60. The van der Waals surface area contributed by atoms with Crippen LogP contribution in [0.25, 0.3) is 32.9 Å². The Kier molecular flexibility index (Phi) is 5.72. The Morgan fingerprint density at radius 3 is 2.18 bits per heavy atom. The van der Waals surface area contributed by atoms with Gasteiger partial charge in [0.1, 0.15) is 6.33 Å². The van der Waals surface area contributed by atoms with Crippen LogP contribution >= 0.6 is 10.0 Å². The lowest BCUT2D eigenvalue weighted by atomic mass is 9.82. The van der Waals surface area contributed by atoms with Crippen molar-refractivity contribution in [1.29, 1.82) is 0 Å². The molecule has 1 heterocycles. The SMILES string of the molecule is CC(C)(C)c1cc(-c2ncnc3c(C(F)(F)F)c(CS(C)(C)C)ccc23)cc2ccccc12. The Balaban J connectivity index is 2.03. The maximum absolute atomic E-state index is 14.3. The van der Waals surface area contributed by atoms with Crippen LogP contribution in [0.15, 0.2) is 54.9 Å². The van der Waals surface area contributed by atoms with E-state index < -0.39 is 21.8 Å². The summed E-state index contributed by atoms with van der Waals surface area (Å²) in [6.45, 7) is 6.42. The molecule has 0 bridgehead atoms. The molecule has 1 aromatic heterocycles. The van der Waals surface area contributed by atoms with Crippen LogP contribution in [0.1, 0.15) is 37.5 Å². The third kappa shape index (κ3) is 4.72. The summed E-state index contributed by atoms with van der Waals surface area (Å²) in [6, 6.07) is 15.5. The molecule has 0 aliphatic carbocycles. The topological polar surface area (TPSA) is 25.8 Å². The number of aromatic nitrogens is 2. The van der Waals surface area contributed by atoms with E-state index >= 15 is 0 Å². The number of rotatable bonds is 3. The highest BCUT2D eigenvalue weighted by Gasteiger charge is 2.37. The molecule has 3 aromatic carbocycles. The van der Waals surface area contributed by atoms with E-state index in [2.05, 4.69) is 42.9 Å². The van der Waals surface area contributed by atoms with Crippen LogP contribution in [-0.4, -0.2) is 28.7 Å². The van der Waals surface area contributed by atoms with Crippen molar-refractivity contribution in [2.24, 2.45) is 0 Å². The summed E-state index contributed by atoms with van der Waals surface area (Å²) in [5.41, 5.74) is 1.95. The average molecular weight is 471 g/mol. The lowest BCUT2D eigenvalue weighted by Gasteiger charge is -2.27. The highest BCUT2D eigenvalue weighted by Crippen LogP contribution is 2.46. The first-order valence-corrected chi connectivity index (χ1v) is 13.8. The molecule has 6 heteroatoms. The van der Waals surface area contributed by atoms with Crippen molar-refractivity contribution in [2.45, 2.75) is 38.1 Å². The van der Waals surface area contributed by atoms with Crippen molar-refractivity contribution < 1.29 is 13.2 Å². The number of fused-ring (bicyclic) bond motifs is 2. The maximum atomic E-state index is 14.3. The second-order valence-corrected chi connectivity index (χ2v) is 14.9. The smallest absolute Gasteiger partial charge is 0.246 e. The van der Waals surface area contributed by atoms with Crippen molar-refractivity contribution in [1.82, 2.24) is 9.97 Å². The highest BCUT2D eigenvalue weighted by molar-refractivity contribution is 8.31. The third-order valence-corrected chi connectivity index (χ3v) is 6.89. The van der Waals surface area contributed by atoms with E-state index in [0.29, 0.717) is 22.4 Å². The zero-order chi connectivity index (χ0) is 24.2. The van der Waals surface area contributed by atoms with Gasteiger partial charge in [-0.15, -0.1) is 0 Å². The Morgan fingerprint density at radius 2 is 1.55 bits per heavy atom. The van der Waals surface area contributed by atoms with E-state index in [1.165, 1.54) is 6.33 Å². The summed E-state index contributed by atoms with van der Waals surface area (Å²) >= 11 is 0. The number of nitrogens with zero attached hydrogens (tertiary/aromatic N) is 2. The Hall–Kier alpha value is -2.60. The molecular formula is C27H29F3N2S. The van der Waals surface area contributed by atoms with Crippen molar-refractivity contribution in [3.63, 3.8) is 0 Å². The molecule has 0 radical (unpaired) electrons. The van der Waals surface area contributed by atoms with Gasteiger partial charge in [0.05, 0.1) is 16.8 Å². The van der Waals surface area contributed by atoms with Crippen LogP contribution in [0, 0.1) is 0 Å². The second kappa shape index (κ2) is 8.01. The molecule has 0 atom stereocenters. The molecule has 0 saturated heterocycles. The first kappa shape index (κ1) is 23.6. The molecule has 2 nitrogen and oxygen atoms in total. The summed E-state index contributed by atoms with van der Waals surface area (Å²) < 4.78 is 42.8. The lowest BCUT2D eigenvalue weighted by molar-refractivity contribution is -0.136. The number of halogens is 3. The fourth-order valence-electron chi connectivity index (χ4n) is 4.37. The molecule has 0 saturated carbocycles. The van der Waals surface area contributed by atoms with E-state index in [-0.39, 0.29) is 10.9 Å². The van der Waals surface area contributed by atoms with Gasteiger partial charge in [-0.25, -0.2) is 20.0 Å². The molecule has 0 fully saturated rings. The first-order chi connectivity index (χ1) is 15.3. The molecule has 0 unspecified atom stereocenters. The maximum Gasteiger partial charge on any atom is 0.418 e. The predicted molar refractivity (Wildman–Crippen MR) is 135 cm³/mol. The number of hydrogen-bond acceptors (Lipinski definition) is 2. The number of hydrogen-bond donors (Lipinski definition) is 0. The van der Waals surface area contributed by atoms with Gasteiger partial charge in [-0.1, -0.05) is 57.2 Å². The van der Waals surface area contributed by atoms with Crippen molar-refractivity contribution in [3.8, 4) is 11.3 Å². The minimum Gasteiger partial charge on any atom is -0.246 e. The van der Waals surface area contributed by atoms with Gasteiger partial charge in [0.2, 0.25) is 0 Å². The average Bonchev–Trinajstić information content (AvgIpc) is 2.69. The van der Waals surface area contributed by atoms with Crippen LogP contribution in [0.5, 0.6) is 0 Å². The summed E-state index contributed by atoms with van der Waals surface area (Å²) in [6.07, 6.45) is 2.82. The molecule has 0 N–H and O–H groups in total. The van der Waals surface area contributed by atoms with Gasteiger partial charge in [0, 0.05) is 16.7 Å². The van der Waals surface area contributed by atoms with Gasteiger partial charge in [-0.05, 0) is 58.2 Å². The summed E-state index contributed by atoms with van der Waals surface area (Å²) in [4.78, 5) is 8.60. The predicted octanol–water partition coefficient (Wildman–Crippen LogP) is 7.96. The standard InChI is InChI=1S/C27H29F3N2S/c1-26(2,3)22-14-19(13-17-9-7-8-10-20(17)22)24-21-12-11-18(15-33(4,5)6)23(27(28,29)30)25(21)32-16-31-24/h7-14,16H,15H2,1-6H3. The van der Waals surface area contributed by atoms with E-state index in [9.17, 15) is 13.2 Å². The first-order valence-electron chi connectivity index (χ1n) is 10.8. The second-order valence-electron chi connectivity index (χ2n) is 10.4. The quantitative estimate of drug-likeness (QED) is 0.303. The largest absolute Gasteiger partial charge is 0.418 e. The zero-order valence-corrected chi connectivity index (χ0v) is 20.7. The molecule has 0 amide bonds. The molecular weight excluding hydrogens is 441 g/mol. The van der Waals surface area contributed by atoms with Crippen LogP contribution in [0.3, 0.4) is 0 Å². The Morgan fingerprint density at radius 1 is 0.848 bits per heavy atom. The van der Waals surface area contributed by atoms with Gasteiger partial charge in [-0.2, -0.15) is 13.2 Å². The van der Waals surface area contributed by atoms with Crippen LogP contribution in [0.2, 0.25) is 0 Å². The zero-order valence-electron chi connectivity index (χ0n) is 19.8. The van der Waals surface area contributed by atoms with Crippen LogP contribution in [0.4, 0.5) is 13.2 Å². The molecule has 33 heavy (non-hydrogen) atoms. The van der Waals surface area contributed by atoms with Crippen molar-refractivity contribution >= 4 is 31.7 Å². The molecule has 174 valence electrons. The summed E-state index contributed by atoms with van der Waals surface area (Å²) in [7, 11) is -1.18. The van der Waals surface area contributed by atoms with Crippen molar-refractivity contribution in [3.05, 3.63) is 71.5 Å². The van der Waals surface area contributed by atoms with E-state index in [1.54, 1.807) is 12.1 Å². The minimum absolute atomic E-state index is 0.0286. The fourth-order valence-corrected chi connectivity index (χ4v) is 5.55. The minimum atomic E-state index is -4.49. The molecule has 0 spiro atoms. The Bertz CT molecular complexity index is 1350. The Labute approximate surface area is 194 Å². The van der Waals surface area contributed by atoms with Crippen molar-refractivity contribution in [2.75, 3.05) is 18.8 Å². The van der Waals surface area contributed by atoms with Gasteiger partial charge < -0.3 is 0 Å². The normalized spacial score (nSPS) is 13.6. The molecule has 4 aromatic rings. The molecule has 0 aliphatic rings. The van der Waals surface area contributed by atoms with Gasteiger partial charge in [0.15, 0.2) is 0 Å². The van der Waals surface area contributed by atoms with Gasteiger partial charge in [0.25, 0.3) is 0 Å². The highest BCUT2D eigenvalue weighted by atomic mass is 32.3. The van der Waals surface area contributed by atoms with Gasteiger partial charge in [-0.3, -0.25) is 0 Å². The van der Waals surface area contributed by atoms with E-state index in [0.717, 1.165) is 21.9 Å². The van der Waals surface area contributed by atoms with Crippen LogP contribution in [-0.2, 0) is 17.3 Å². The third-order valence-electron chi connectivity index (χ3n) is 5.71. The van der Waals surface area contributed by atoms with E-state index in [1.807, 2.05) is 43.0 Å².